The topological polar surface area (TPSA) is 63.2 Å². The van der Waals surface area contributed by atoms with Crippen LogP contribution in [-0.4, -0.2) is 63.1 Å². The number of ketones is 1. The Kier molecular flexibility index (Phi) is 8.31. The number of Topliss-reactive ketones (excluding diaryl/α,β-unsaturated/α-hetero) is 1. The van der Waals surface area contributed by atoms with Crippen LogP contribution in [0.25, 0.3) is 0 Å². The molecule has 3 saturated heterocycles. The van der Waals surface area contributed by atoms with E-state index in [-0.39, 0.29) is 47.4 Å². The number of hydrogen-bond donors (Lipinski definition) is 0. The van der Waals surface area contributed by atoms with Crippen LogP contribution in [0.2, 0.25) is 5.04 Å². The highest BCUT2D eigenvalue weighted by molar-refractivity contribution is 6.99. The van der Waals surface area contributed by atoms with E-state index < -0.39 is 14.1 Å². The fraction of sp³-hybridized carbons (Fsp3) is 0.618. The first-order chi connectivity index (χ1) is 19.7. The molecule has 7 heteroatoms. The summed E-state index contributed by atoms with van der Waals surface area (Å²) < 4.78 is 34.5. The molecule has 6 atom stereocenters. The molecule has 41 heavy (non-hydrogen) atoms. The first kappa shape index (κ1) is 29.2. The molecule has 1 spiro atoms. The second kappa shape index (κ2) is 11.7. The van der Waals surface area contributed by atoms with Crippen molar-refractivity contribution in [2.75, 3.05) is 6.61 Å². The number of carbonyl (C=O) groups excluding carboxylic acids is 1. The molecule has 3 heterocycles. The van der Waals surface area contributed by atoms with Gasteiger partial charge in [0.05, 0.1) is 18.8 Å². The molecule has 0 amide bonds. The normalized spacial score (nSPS) is 31.4. The van der Waals surface area contributed by atoms with E-state index in [1.165, 1.54) is 16.8 Å². The van der Waals surface area contributed by atoms with Crippen LogP contribution in [0.4, 0.5) is 0 Å². The zero-order chi connectivity index (χ0) is 28.7. The van der Waals surface area contributed by atoms with E-state index in [2.05, 4.69) is 81.4 Å². The Labute approximate surface area is 246 Å². The first-order valence-corrected chi connectivity index (χ1v) is 17.5. The Morgan fingerprint density at radius 2 is 1.46 bits per heavy atom. The largest absolute Gasteiger partial charge is 0.405 e. The summed E-state index contributed by atoms with van der Waals surface area (Å²) in [6.45, 7) is 8.97. The van der Waals surface area contributed by atoms with Crippen LogP contribution in [0.3, 0.4) is 0 Å². The molecule has 4 fully saturated rings. The van der Waals surface area contributed by atoms with E-state index >= 15 is 0 Å². The second-order valence-corrected chi connectivity index (χ2v) is 17.8. The van der Waals surface area contributed by atoms with Crippen LogP contribution >= 0.6 is 0 Å². The molecular weight excluding hydrogens is 532 g/mol. The molecule has 0 N–H and O–H groups in total. The van der Waals surface area contributed by atoms with Gasteiger partial charge in [0.15, 0.2) is 5.79 Å². The van der Waals surface area contributed by atoms with Crippen LogP contribution in [0, 0.1) is 0 Å². The van der Waals surface area contributed by atoms with E-state index in [1.807, 2.05) is 0 Å². The number of hydrogen-bond acceptors (Lipinski definition) is 6. The van der Waals surface area contributed by atoms with Crippen molar-refractivity contribution in [3.8, 4) is 0 Å². The minimum atomic E-state index is -2.74. The van der Waals surface area contributed by atoms with E-state index in [4.69, 9.17) is 23.4 Å². The highest BCUT2D eigenvalue weighted by atomic mass is 28.4. The quantitative estimate of drug-likeness (QED) is 0.416. The van der Waals surface area contributed by atoms with Gasteiger partial charge in [-0.05, 0) is 48.0 Å². The molecule has 0 radical (unpaired) electrons. The highest BCUT2D eigenvalue weighted by Gasteiger charge is 2.60. The summed E-state index contributed by atoms with van der Waals surface area (Å²) in [7, 11) is -2.74. The van der Waals surface area contributed by atoms with Crippen molar-refractivity contribution in [1.29, 1.82) is 0 Å². The minimum absolute atomic E-state index is 0.0885. The van der Waals surface area contributed by atoms with Crippen LogP contribution in [0.1, 0.15) is 79.1 Å². The van der Waals surface area contributed by atoms with Crippen molar-refractivity contribution in [2.45, 2.75) is 127 Å². The summed E-state index contributed by atoms with van der Waals surface area (Å²) in [5.41, 5.74) is 0. The van der Waals surface area contributed by atoms with E-state index in [1.54, 1.807) is 6.92 Å². The lowest BCUT2D eigenvalue weighted by atomic mass is 9.88. The molecule has 6 rings (SSSR count). The lowest BCUT2D eigenvalue weighted by Gasteiger charge is -2.48. The smallest absolute Gasteiger partial charge is 0.261 e. The molecule has 1 unspecified atom stereocenters. The van der Waals surface area contributed by atoms with Crippen molar-refractivity contribution in [3.05, 3.63) is 60.7 Å². The molecule has 0 aromatic heterocycles. The first-order valence-electron chi connectivity index (χ1n) is 15.6. The lowest BCUT2D eigenvalue weighted by Crippen LogP contribution is -2.68. The molecule has 3 aliphatic heterocycles. The van der Waals surface area contributed by atoms with Gasteiger partial charge >= 0.3 is 0 Å². The lowest BCUT2D eigenvalue weighted by molar-refractivity contribution is -0.243. The fourth-order valence-electron chi connectivity index (χ4n) is 7.73. The Morgan fingerprint density at radius 1 is 0.854 bits per heavy atom. The maximum absolute atomic E-state index is 11.9. The van der Waals surface area contributed by atoms with Gasteiger partial charge in [-0.25, -0.2) is 0 Å². The third-order valence-electron chi connectivity index (χ3n) is 9.57. The summed E-state index contributed by atoms with van der Waals surface area (Å²) >= 11 is 0. The monoisotopic (exact) mass is 578 g/mol. The van der Waals surface area contributed by atoms with Crippen molar-refractivity contribution < 1.29 is 28.2 Å². The van der Waals surface area contributed by atoms with Crippen molar-refractivity contribution in [1.82, 2.24) is 0 Å². The van der Waals surface area contributed by atoms with Crippen LogP contribution in [0.15, 0.2) is 60.7 Å². The SMILES string of the molecule is CC(=O)C[C@H]1CC[C@@H]2O[C@@H](CO[Si](c3ccccc3)(c3ccccc3)C(C)(C)C)C3OC4(CCCCC4)O[C@H]3[C@H]2O1. The number of ether oxygens (including phenoxy) is 4. The number of carbonyl (C=O) groups is 1. The standard InChI is InChI=1S/C34H46O6Si/c1-24(35)22-25-18-19-28-30(37-25)32-31(39-34(40-32)20-12-7-13-21-34)29(38-28)23-36-41(33(2,3)4,26-14-8-5-9-15-26)27-16-10-6-11-17-27/h5-6,8-11,14-17,25,28-32H,7,12-13,18-23H2,1-4H3/t25-,28+,29+,30+,31?,32+/m1/s1. The van der Waals surface area contributed by atoms with Gasteiger partial charge in [0.1, 0.15) is 30.2 Å². The molecule has 4 aliphatic rings. The Balaban J connectivity index is 1.32. The van der Waals surface area contributed by atoms with E-state index in [0.29, 0.717) is 13.0 Å². The Bertz CT molecular complexity index is 1140. The van der Waals surface area contributed by atoms with Gasteiger partial charge in [0, 0.05) is 19.3 Å². The van der Waals surface area contributed by atoms with Gasteiger partial charge in [-0.1, -0.05) is 87.9 Å². The van der Waals surface area contributed by atoms with E-state index in [0.717, 1.165) is 38.5 Å². The average Bonchev–Trinajstić information content (AvgIpc) is 3.33. The number of fused-ring (bicyclic) bond motifs is 3. The molecular formula is C34H46O6Si. The summed E-state index contributed by atoms with van der Waals surface area (Å²) in [4.78, 5) is 11.9. The van der Waals surface area contributed by atoms with Gasteiger partial charge in [0.25, 0.3) is 8.32 Å². The Morgan fingerprint density at radius 3 is 2.05 bits per heavy atom. The molecule has 222 valence electrons. The second-order valence-electron chi connectivity index (χ2n) is 13.5. The predicted molar refractivity (Wildman–Crippen MR) is 161 cm³/mol. The third kappa shape index (κ3) is 5.62. The number of benzene rings is 2. The molecule has 1 saturated carbocycles. The average molecular weight is 579 g/mol. The van der Waals surface area contributed by atoms with Crippen LogP contribution in [0.5, 0.6) is 0 Å². The fourth-order valence-corrected chi connectivity index (χ4v) is 12.3. The maximum atomic E-state index is 11.9. The zero-order valence-electron chi connectivity index (χ0n) is 25.1. The predicted octanol–water partition coefficient (Wildman–Crippen LogP) is 5.30. The molecule has 1 aliphatic carbocycles. The van der Waals surface area contributed by atoms with Crippen LogP contribution in [-0.2, 0) is 28.2 Å². The summed E-state index contributed by atoms with van der Waals surface area (Å²) in [5, 5.41) is 2.38. The molecule has 2 aromatic carbocycles. The third-order valence-corrected chi connectivity index (χ3v) is 14.6. The minimum Gasteiger partial charge on any atom is -0.405 e. The number of rotatable bonds is 7. The summed E-state index contributed by atoms with van der Waals surface area (Å²) in [5.74, 6) is -0.413. The van der Waals surface area contributed by atoms with Crippen LogP contribution < -0.4 is 10.4 Å². The van der Waals surface area contributed by atoms with Gasteiger partial charge < -0.3 is 23.4 Å². The van der Waals surface area contributed by atoms with E-state index in [9.17, 15) is 4.79 Å². The zero-order valence-corrected chi connectivity index (χ0v) is 26.1. The van der Waals surface area contributed by atoms with Crippen molar-refractivity contribution in [2.24, 2.45) is 0 Å². The van der Waals surface area contributed by atoms with Crippen molar-refractivity contribution in [3.63, 3.8) is 0 Å². The molecule has 2 aromatic rings. The highest BCUT2D eigenvalue weighted by Crippen LogP contribution is 2.48. The van der Waals surface area contributed by atoms with Gasteiger partial charge in [0.2, 0.25) is 0 Å². The summed E-state index contributed by atoms with van der Waals surface area (Å²) in [6, 6.07) is 21.5. The van der Waals surface area contributed by atoms with Crippen molar-refractivity contribution >= 4 is 24.5 Å². The molecule has 0 bridgehead atoms. The van der Waals surface area contributed by atoms with Gasteiger partial charge in [-0.3, -0.25) is 4.79 Å². The summed E-state index contributed by atoms with van der Waals surface area (Å²) in [6.07, 6.45) is 6.12. The Hall–Kier alpha value is -1.87. The molecule has 6 nitrogen and oxygen atoms in total. The maximum Gasteiger partial charge on any atom is 0.261 e. The van der Waals surface area contributed by atoms with Gasteiger partial charge in [-0.15, -0.1) is 0 Å². The van der Waals surface area contributed by atoms with Gasteiger partial charge in [-0.2, -0.15) is 0 Å².